The quantitative estimate of drug-likeness (QED) is 0.603. The summed E-state index contributed by atoms with van der Waals surface area (Å²) in [6.07, 6.45) is 7.69. The molecule has 0 amide bonds. The molecule has 0 unspecified atom stereocenters. The van der Waals surface area contributed by atoms with Gasteiger partial charge in [-0.1, -0.05) is 5.92 Å². The molecule has 3 aromatic rings. The van der Waals surface area contributed by atoms with E-state index in [1.807, 2.05) is 16.8 Å². The number of hydrogen-bond acceptors (Lipinski definition) is 6. The van der Waals surface area contributed by atoms with Gasteiger partial charge in [-0.05, 0) is 51.2 Å². The van der Waals surface area contributed by atoms with Gasteiger partial charge in [-0.2, -0.15) is 0 Å². The van der Waals surface area contributed by atoms with E-state index in [-0.39, 0.29) is 5.95 Å². The van der Waals surface area contributed by atoms with Gasteiger partial charge in [0.05, 0.1) is 29.6 Å². The molecule has 28 heavy (non-hydrogen) atoms. The molecule has 1 aliphatic rings. The zero-order chi connectivity index (χ0) is 19.9. The van der Waals surface area contributed by atoms with Crippen molar-refractivity contribution in [3.8, 4) is 23.1 Å². The Morgan fingerprint density at radius 1 is 1.32 bits per heavy atom. The van der Waals surface area contributed by atoms with Crippen molar-refractivity contribution in [2.75, 3.05) is 5.73 Å². The lowest BCUT2D eigenvalue weighted by molar-refractivity contribution is 0.0239. The predicted molar refractivity (Wildman–Crippen MR) is 107 cm³/mol. The minimum atomic E-state index is -0.889. The first kappa shape index (κ1) is 18.4. The number of anilines is 1. The highest BCUT2D eigenvalue weighted by molar-refractivity contribution is 5.95. The number of aromatic nitrogens is 4. The molecule has 1 saturated carbocycles. The van der Waals surface area contributed by atoms with Gasteiger partial charge in [0, 0.05) is 23.3 Å². The lowest BCUT2D eigenvalue weighted by Crippen LogP contribution is -2.34. The molecule has 4 rings (SSSR count). The Bertz CT molecular complexity index is 1100. The number of fused-ring (bicyclic) bond motifs is 1. The van der Waals surface area contributed by atoms with Gasteiger partial charge in [0.2, 0.25) is 5.95 Å². The number of pyridine rings is 1. The zero-order valence-corrected chi connectivity index (χ0v) is 16.0. The molecule has 0 aliphatic heterocycles. The summed E-state index contributed by atoms with van der Waals surface area (Å²) in [6, 6.07) is 3.68. The third-order valence-electron chi connectivity index (χ3n) is 4.88. The second kappa shape index (κ2) is 6.59. The SMILES string of the molecule is CC(C)(O)Cn1cc(-c2ccnc(N)n2)c2cc(C#CC3(O)CCC3)ncc21. The third-order valence-corrected chi connectivity index (χ3v) is 4.88. The molecule has 7 nitrogen and oxygen atoms in total. The van der Waals surface area contributed by atoms with Crippen LogP contribution in [-0.2, 0) is 6.54 Å². The van der Waals surface area contributed by atoms with Gasteiger partial charge in [0.15, 0.2) is 0 Å². The molecule has 0 bridgehead atoms. The molecule has 4 N–H and O–H groups in total. The molecule has 0 radical (unpaired) electrons. The molecule has 0 aromatic carbocycles. The topological polar surface area (TPSA) is 110 Å². The molecule has 3 aromatic heterocycles. The molecule has 1 fully saturated rings. The van der Waals surface area contributed by atoms with E-state index in [2.05, 4.69) is 26.8 Å². The Labute approximate surface area is 163 Å². The lowest BCUT2D eigenvalue weighted by Gasteiger charge is -2.30. The van der Waals surface area contributed by atoms with Gasteiger partial charge >= 0.3 is 0 Å². The molecule has 0 spiro atoms. The maximum absolute atomic E-state index is 10.3. The first-order valence-corrected chi connectivity index (χ1v) is 9.28. The second-order valence-electron chi connectivity index (χ2n) is 8.01. The minimum Gasteiger partial charge on any atom is -0.389 e. The van der Waals surface area contributed by atoms with Crippen molar-refractivity contribution in [2.24, 2.45) is 0 Å². The number of nitrogens with two attached hydrogens (primary N) is 1. The molecule has 144 valence electrons. The predicted octanol–water partition coefficient (Wildman–Crippen LogP) is 2.11. The summed E-state index contributed by atoms with van der Waals surface area (Å²) in [6.45, 7) is 3.91. The first-order chi connectivity index (χ1) is 13.2. The van der Waals surface area contributed by atoms with Gasteiger partial charge in [0.25, 0.3) is 0 Å². The van der Waals surface area contributed by atoms with Crippen molar-refractivity contribution in [3.63, 3.8) is 0 Å². The molecular weight excluding hydrogens is 354 g/mol. The number of nitrogen functional groups attached to an aromatic ring is 1. The highest BCUT2D eigenvalue weighted by Gasteiger charge is 2.32. The fraction of sp³-hybridized carbons (Fsp3) is 0.381. The summed E-state index contributed by atoms with van der Waals surface area (Å²) >= 11 is 0. The third kappa shape index (κ3) is 3.70. The Balaban J connectivity index is 1.84. The van der Waals surface area contributed by atoms with E-state index in [0.717, 1.165) is 22.9 Å². The number of rotatable bonds is 3. The smallest absolute Gasteiger partial charge is 0.220 e. The maximum Gasteiger partial charge on any atom is 0.220 e. The van der Waals surface area contributed by atoms with Crippen LogP contribution >= 0.6 is 0 Å². The van der Waals surface area contributed by atoms with Crippen molar-refractivity contribution in [1.29, 1.82) is 0 Å². The van der Waals surface area contributed by atoms with Gasteiger partial charge in [-0.15, -0.1) is 0 Å². The van der Waals surface area contributed by atoms with Gasteiger partial charge in [0.1, 0.15) is 11.3 Å². The largest absolute Gasteiger partial charge is 0.389 e. The van der Waals surface area contributed by atoms with Crippen LogP contribution in [0.4, 0.5) is 5.95 Å². The van der Waals surface area contributed by atoms with Crippen LogP contribution in [0.1, 0.15) is 38.8 Å². The van der Waals surface area contributed by atoms with Crippen LogP contribution in [0.25, 0.3) is 22.2 Å². The summed E-state index contributed by atoms with van der Waals surface area (Å²) in [7, 11) is 0. The highest BCUT2D eigenvalue weighted by Crippen LogP contribution is 2.32. The van der Waals surface area contributed by atoms with Crippen molar-refractivity contribution < 1.29 is 10.2 Å². The monoisotopic (exact) mass is 377 g/mol. The highest BCUT2D eigenvalue weighted by atomic mass is 16.3. The minimum absolute atomic E-state index is 0.196. The first-order valence-electron chi connectivity index (χ1n) is 9.28. The molecule has 3 heterocycles. The summed E-state index contributed by atoms with van der Waals surface area (Å²) in [5, 5.41) is 21.4. The van der Waals surface area contributed by atoms with Crippen LogP contribution in [0, 0.1) is 11.8 Å². The van der Waals surface area contributed by atoms with E-state index >= 15 is 0 Å². The van der Waals surface area contributed by atoms with Gasteiger partial charge < -0.3 is 20.5 Å². The van der Waals surface area contributed by atoms with E-state index in [1.54, 1.807) is 32.3 Å². The number of nitrogens with zero attached hydrogens (tertiary/aromatic N) is 4. The number of aliphatic hydroxyl groups is 2. The van der Waals surface area contributed by atoms with Crippen LogP contribution in [-0.4, -0.2) is 40.9 Å². The van der Waals surface area contributed by atoms with Crippen LogP contribution in [0.5, 0.6) is 0 Å². The lowest BCUT2D eigenvalue weighted by atomic mass is 9.81. The summed E-state index contributed by atoms with van der Waals surface area (Å²) in [5.41, 5.74) is 6.99. The Hall–Kier alpha value is -2.95. The molecular formula is C21H23N5O2. The van der Waals surface area contributed by atoms with Gasteiger partial charge in [-0.25, -0.2) is 15.0 Å². The van der Waals surface area contributed by atoms with E-state index in [1.165, 1.54) is 0 Å². The molecule has 7 heteroatoms. The summed E-state index contributed by atoms with van der Waals surface area (Å²) in [4.78, 5) is 12.7. The fourth-order valence-electron chi connectivity index (χ4n) is 3.35. The Morgan fingerprint density at radius 3 is 2.75 bits per heavy atom. The molecule has 0 saturated heterocycles. The van der Waals surface area contributed by atoms with Crippen molar-refractivity contribution >= 4 is 16.9 Å². The van der Waals surface area contributed by atoms with E-state index < -0.39 is 11.2 Å². The Kier molecular flexibility index (Phi) is 4.33. The van der Waals surface area contributed by atoms with Crippen molar-refractivity contribution in [1.82, 2.24) is 19.5 Å². The zero-order valence-electron chi connectivity index (χ0n) is 16.0. The number of hydrogen-bond donors (Lipinski definition) is 3. The molecule has 0 atom stereocenters. The van der Waals surface area contributed by atoms with Crippen molar-refractivity contribution in [2.45, 2.75) is 50.9 Å². The second-order valence-corrected chi connectivity index (χ2v) is 8.01. The average molecular weight is 377 g/mol. The van der Waals surface area contributed by atoms with E-state index in [4.69, 9.17) is 5.73 Å². The molecule has 1 aliphatic carbocycles. The van der Waals surface area contributed by atoms with Crippen LogP contribution < -0.4 is 5.73 Å². The average Bonchev–Trinajstić information content (AvgIpc) is 2.94. The van der Waals surface area contributed by atoms with Gasteiger partial charge in [-0.3, -0.25) is 0 Å². The van der Waals surface area contributed by atoms with Crippen LogP contribution in [0.3, 0.4) is 0 Å². The van der Waals surface area contributed by atoms with E-state index in [9.17, 15) is 10.2 Å². The summed E-state index contributed by atoms with van der Waals surface area (Å²) < 4.78 is 1.95. The maximum atomic E-state index is 10.3. The fourth-order valence-corrected chi connectivity index (χ4v) is 3.35. The van der Waals surface area contributed by atoms with Crippen LogP contribution in [0.2, 0.25) is 0 Å². The standard InChI is InChI=1S/C21H23N5O2/c1-20(2,27)13-26-12-16(17-5-9-23-19(22)25-17)15-10-14(24-11-18(15)26)4-8-21(28)6-3-7-21/h5,9-12,27-28H,3,6-7,13H2,1-2H3,(H2,22,23,25). The van der Waals surface area contributed by atoms with Crippen molar-refractivity contribution in [3.05, 3.63) is 36.4 Å². The van der Waals surface area contributed by atoms with Crippen LogP contribution in [0.15, 0.2) is 30.7 Å². The summed E-state index contributed by atoms with van der Waals surface area (Å²) in [5.74, 6) is 6.14. The van der Waals surface area contributed by atoms with E-state index in [0.29, 0.717) is 30.8 Å². The Morgan fingerprint density at radius 2 is 2.11 bits per heavy atom. The normalized spacial score (nSPS) is 15.7.